The third-order valence-corrected chi connectivity index (χ3v) is 3.02. The fraction of sp³-hybridized carbons (Fsp3) is 0.231. The van der Waals surface area contributed by atoms with Gasteiger partial charge in [-0.15, -0.1) is 0 Å². The molecule has 1 N–H and O–H groups in total. The lowest BCUT2D eigenvalue weighted by molar-refractivity contribution is 0.430. The van der Waals surface area contributed by atoms with Gasteiger partial charge in [-0.25, -0.2) is 0 Å². The van der Waals surface area contributed by atoms with Crippen molar-refractivity contribution in [2.24, 2.45) is 0 Å². The Hall–Kier alpha value is -1.06. The summed E-state index contributed by atoms with van der Waals surface area (Å²) in [6.45, 7) is 2.94. The molecule has 0 aliphatic heterocycles. The molecule has 0 spiro atoms. The van der Waals surface area contributed by atoms with Gasteiger partial charge in [0.15, 0.2) is 0 Å². The van der Waals surface area contributed by atoms with Gasteiger partial charge in [-0.3, -0.25) is 0 Å². The first-order chi connectivity index (χ1) is 7.75. The number of furan rings is 1. The minimum atomic E-state index is 0.235. The van der Waals surface area contributed by atoms with Crippen LogP contribution >= 0.6 is 15.9 Å². The molecule has 2 nitrogen and oxygen atoms in total. The normalized spacial score (nSPS) is 12.6. The average Bonchev–Trinajstić information content (AvgIpc) is 2.81. The highest BCUT2D eigenvalue weighted by Gasteiger charge is 2.06. The van der Waals surface area contributed by atoms with Crippen LogP contribution in [0.1, 0.15) is 24.3 Å². The van der Waals surface area contributed by atoms with Crippen molar-refractivity contribution < 1.29 is 4.42 Å². The van der Waals surface area contributed by atoms with Crippen molar-refractivity contribution in [3.63, 3.8) is 0 Å². The molecule has 0 aliphatic carbocycles. The zero-order valence-electron chi connectivity index (χ0n) is 9.11. The largest absolute Gasteiger partial charge is 0.468 e. The van der Waals surface area contributed by atoms with E-state index in [9.17, 15) is 0 Å². The molecule has 0 aliphatic rings. The van der Waals surface area contributed by atoms with Gasteiger partial charge in [0.1, 0.15) is 5.76 Å². The predicted octanol–water partition coefficient (Wildman–Crippen LogP) is 3.89. The van der Waals surface area contributed by atoms with E-state index in [4.69, 9.17) is 4.42 Å². The van der Waals surface area contributed by atoms with E-state index in [0.29, 0.717) is 0 Å². The van der Waals surface area contributed by atoms with Crippen molar-refractivity contribution in [2.45, 2.75) is 19.5 Å². The number of hydrogen-bond acceptors (Lipinski definition) is 2. The second kappa shape index (κ2) is 5.32. The van der Waals surface area contributed by atoms with Crippen molar-refractivity contribution in [1.82, 2.24) is 5.32 Å². The molecule has 0 amide bonds. The second-order valence-corrected chi connectivity index (χ2v) is 4.66. The van der Waals surface area contributed by atoms with Gasteiger partial charge in [0, 0.05) is 11.0 Å². The number of hydrogen-bond donors (Lipinski definition) is 1. The van der Waals surface area contributed by atoms with Crippen LogP contribution in [0, 0.1) is 0 Å². The zero-order chi connectivity index (χ0) is 11.4. The highest BCUT2D eigenvalue weighted by Crippen LogP contribution is 2.14. The lowest BCUT2D eigenvalue weighted by Crippen LogP contribution is -2.17. The maximum absolute atomic E-state index is 5.33. The minimum Gasteiger partial charge on any atom is -0.468 e. The molecule has 3 heteroatoms. The van der Waals surface area contributed by atoms with Gasteiger partial charge in [0.05, 0.1) is 12.3 Å². The summed E-state index contributed by atoms with van der Waals surface area (Å²) < 4.78 is 6.44. The monoisotopic (exact) mass is 279 g/mol. The van der Waals surface area contributed by atoms with Gasteiger partial charge in [0.25, 0.3) is 0 Å². The number of halogens is 1. The summed E-state index contributed by atoms with van der Waals surface area (Å²) in [5, 5.41) is 3.41. The Kier molecular flexibility index (Phi) is 3.80. The van der Waals surface area contributed by atoms with Crippen molar-refractivity contribution in [1.29, 1.82) is 0 Å². The van der Waals surface area contributed by atoms with Gasteiger partial charge < -0.3 is 9.73 Å². The molecule has 84 valence electrons. The van der Waals surface area contributed by atoms with Crippen molar-refractivity contribution in [2.75, 3.05) is 0 Å². The molecule has 1 aromatic carbocycles. The Labute approximate surface area is 104 Å². The third-order valence-electron chi connectivity index (χ3n) is 2.50. The molecule has 1 heterocycles. The van der Waals surface area contributed by atoms with E-state index in [1.165, 1.54) is 5.56 Å². The van der Waals surface area contributed by atoms with E-state index in [1.54, 1.807) is 6.26 Å². The van der Waals surface area contributed by atoms with Crippen LogP contribution in [0.3, 0.4) is 0 Å². The molecule has 0 radical (unpaired) electrons. The summed E-state index contributed by atoms with van der Waals surface area (Å²) in [6.07, 6.45) is 1.70. The molecule has 16 heavy (non-hydrogen) atoms. The molecular weight excluding hydrogens is 266 g/mol. The minimum absolute atomic E-state index is 0.235. The van der Waals surface area contributed by atoms with Crippen LogP contribution in [-0.4, -0.2) is 0 Å². The lowest BCUT2D eigenvalue weighted by atomic mass is 10.2. The van der Waals surface area contributed by atoms with Crippen LogP contribution < -0.4 is 5.32 Å². The van der Waals surface area contributed by atoms with Gasteiger partial charge in [-0.2, -0.15) is 0 Å². The molecule has 1 aromatic heterocycles. The van der Waals surface area contributed by atoms with Crippen molar-refractivity contribution in [3.8, 4) is 0 Å². The quantitative estimate of drug-likeness (QED) is 0.919. The molecule has 2 rings (SSSR count). The zero-order valence-corrected chi connectivity index (χ0v) is 10.7. The summed E-state index contributed by atoms with van der Waals surface area (Å²) in [4.78, 5) is 0. The van der Waals surface area contributed by atoms with Crippen molar-refractivity contribution >= 4 is 15.9 Å². The molecule has 0 bridgehead atoms. The smallest absolute Gasteiger partial charge is 0.120 e. The highest BCUT2D eigenvalue weighted by molar-refractivity contribution is 9.10. The van der Waals surface area contributed by atoms with Gasteiger partial charge in [-0.1, -0.05) is 28.1 Å². The highest BCUT2D eigenvalue weighted by atomic mass is 79.9. The Morgan fingerprint density at radius 2 is 2.00 bits per heavy atom. The molecule has 0 saturated heterocycles. The topological polar surface area (TPSA) is 25.2 Å². The lowest BCUT2D eigenvalue weighted by Gasteiger charge is -2.11. The molecule has 0 fully saturated rings. The second-order valence-electron chi connectivity index (χ2n) is 3.74. The van der Waals surface area contributed by atoms with Crippen LogP contribution in [0.25, 0.3) is 0 Å². The number of benzene rings is 1. The van der Waals surface area contributed by atoms with Gasteiger partial charge in [0.2, 0.25) is 0 Å². The Bertz CT molecular complexity index is 422. The summed E-state index contributed by atoms with van der Waals surface area (Å²) in [7, 11) is 0. The van der Waals surface area contributed by atoms with Crippen LogP contribution in [0.5, 0.6) is 0 Å². The maximum atomic E-state index is 5.33. The van der Waals surface area contributed by atoms with Crippen LogP contribution in [-0.2, 0) is 6.54 Å². The average molecular weight is 280 g/mol. The summed E-state index contributed by atoms with van der Waals surface area (Å²) in [6, 6.07) is 12.4. The fourth-order valence-corrected chi connectivity index (χ4v) is 1.78. The van der Waals surface area contributed by atoms with E-state index in [2.05, 4.69) is 52.4 Å². The van der Waals surface area contributed by atoms with E-state index >= 15 is 0 Å². The molecule has 2 aromatic rings. The molecule has 0 unspecified atom stereocenters. The third kappa shape index (κ3) is 2.97. The number of nitrogens with one attached hydrogen (secondary N) is 1. The first kappa shape index (κ1) is 11.4. The van der Waals surface area contributed by atoms with Gasteiger partial charge in [-0.05, 0) is 36.8 Å². The van der Waals surface area contributed by atoms with E-state index < -0.39 is 0 Å². The summed E-state index contributed by atoms with van der Waals surface area (Å²) in [5.41, 5.74) is 1.27. The molecule has 0 saturated carbocycles. The van der Waals surface area contributed by atoms with Crippen LogP contribution in [0.4, 0.5) is 0 Å². The van der Waals surface area contributed by atoms with E-state index in [0.717, 1.165) is 16.8 Å². The fourth-order valence-electron chi connectivity index (χ4n) is 1.51. The molecule has 1 atom stereocenters. The Morgan fingerprint density at radius 1 is 1.25 bits per heavy atom. The van der Waals surface area contributed by atoms with E-state index in [-0.39, 0.29) is 6.04 Å². The number of rotatable bonds is 4. The summed E-state index contributed by atoms with van der Waals surface area (Å²) >= 11 is 3.42. The first-order valence-electron chi connectivity index (χ1n) is 5.27. The van der Waals surface area contributed by atoms with Crippen molar-refractivity contribution in [3.05, 3.63) is 58.5 Å². The van der Waals surface area contributed by atoms with Crippen LogP contribution in [0.2, 0.25) is 0 Å². The van der Waals surface area contributed by atoms with Gasteiger partial charge >= 0.3 is 0 Å². The van der Waals surface area contributed by atoms with E-state index in [1.807, 2.05) is 12.1 Å². The Morgan fingerprint density at radius 3 is 2.62 bits per heavy atom. The SMILES string of the molecule is C[C@H](NCc1ccc(Br)cc1)c1ccco1. The first-order valence-corrected chi connectivity index (χ1v) is 6.06. The Balaban J connectivity index is 1.90. The van der Waals surface area contributed by atoms with Crippen LogP contribution in [0.15, 0.2) is 51.6 Å². The summed E-state index contributed by atoms with van der Waals surface area (Å²) in [5.74, 6) is 0.970. The molecular formula is C13H14BrNO. The maximum Gasteiger partial charge on any atom is 0.120 e. The predicted molar refractivity (Wildman–Crippen MR) is 68.1 cm³/mol. The standard InChI is InChI=1S/C13H14BrNO/c1-10(13-3-2-8-16-13)15-9-11-4-6-12(14)7-5-11/h2-8,10,15H,9H2,1H3/t10-/m0/s1.